The Hall–Kier alpha value is -1.65. The molecule has 0 atom stereocenters. The molecule has 0 amide bonds. The number of nitrogens with zero attached hydrogens (tertiary/aromatic N) is 2. The molecule has 128 valence electrons. The summed E-state index contributed by atoms with van der Waals surface area (Å²) in [4.78, 5) is 11.8. The second-order valence-corrected chi connectivity index (χ2v) is 7.04. The highest BCUT2D eigenvalue weighted by atomic mass is 32.2. The minimum absolute atomic E-state index is 0.0336. The molecule has 2 rings (SSSR count). The molecule has 1 aliphatic rings. The summed E-state index contributed by atoms with van der Waals surface area (Å²) in [7, 11) is -4.04. The summed E-state index contributed by atoms with van der Waals surface area (Å²) in [6.07, 6.45) is -4.62. The highest BCUT2D eigenvalue weighted by Gasteiger charge is 2.34. The molecule has 1 heterocycles. The predicted molar refractivity (Wildman–Crippen MR) is 74.3 cm³/mol. The molecule has 0 spiro atoms. The number of benzene rings is 1. The topological polar surface area (TPSA) is 77.9 Å². The smallest absolute Gasteiger partial charge is 0.416 e. The number of halogens is 3. The molecule has 0 aromatic heterocycles. The van der Waals surface area contributed by atoms with Crippen molar-refractivity contribution in [2.75, 3.05) is 32.7 Å². The lowest BCUT2D eigenvalue weighted by Gasteiger charge is -2.33. The lowest BCUT2D eigenvalue weighted by atomic mass is 10.2. The number of hydrogen-bond donors (Lipinski definition) is 1. The standard InChI is InChI=1S/C13H15F3N2O4S/c14-13(15,16)10-2-1-3-11(8-10)23(21,22)18-6-4-17(5-7-18)9-12(19)20/h1-3,8H,4-7,9H2,(H,19,20). The molecule has 1 aromatic carbocycles. The Labute approximate surface area is 131 Å². The largest absolute Gasteiger partial charge is 0.480 e. The molecule has 0 saturated carbocycles. The molecule has 1 N–H and O–H groups in total. The van der Waals surface area contributed by atoms with Gasteiger partial charge in [-0.2, -0.15) is 17.5 Å². The van der Waals surface area contributed by atoms with Crippen LogP contribution in [0.1, 0.15) is 5.56 Å². The zero-order valence-corrected chi connectivity index (χ0v) is 12.8. The fourth-order valence-electron chi connectivity index (χ4n) is 2.30. The maximum atomic E-state index is 12.7. The molecular formula is C13H15F3N2O4S. The van der Waals surface area contributed by atoms with Crippen molar-refractivity contribution in [2.45, 2.75) is 11.1 Å². The summed E-state index contributed by atoms with van der Waals surface area (Å²) in [5.41, 5.74) is -1.02. The first kappa shape index (κ1) is 17.7. The molecule has 1 aromatic rings. The molecule has 1 saturated heterocycles. The van der Waals surface area contributed by atoms with Crippen LogP contribution in [0.15, 0.2) is 29.2 Å². The number of aliphatic carboxylic acids is 1. The maximum absolute atomic E-state index is 12.7. The monoisotopic (exact) mass is 352 g/mol. The first-order valence-electron chi connectivity index (χ1n) is 6.72. The van der Waals surface area contributed by atoms with Crippen molar-refractivity contribution >= 4 is 16.0 Å². The molecular weight excluding hydrogens is 337 g/mol. The van der Waals surface area contributed by atoms with Gasteiger partial charge in [-0.05, 0) is 18.2 Å². The second kappa shape index (κ2) is 6.46. The van der Waals surface area contributed by atoms with Gasteiger partial charge in [0.05, 0.1) is 17.0 Å². The molecule has 0 radical (unpaired) electrons. The van der Waals surface area contributed by atoms with E-state index in [4.69, 9.17) is 5.11 Å². The zero-order valence-electron chi connectivity index (χ0n) is 12.0. The summed E-state index contributed by atoms with van der Waals surface area (Å²) >= 11 is 0. The van der Waals surface area contributed by atoms with Crippen molar-refractivity contribution in [1.82, 2.24) is 9.21 Å². The Morgan fingerprint density at radius 3 is 2.30 bits per heavy atom. The SMILES string of the molecule is O=C(O)CN1CCN(S(=O)(=O)c2cccc(C(F)(F)F)c2)CC1. The molecule has 0 unspecified atom stereocenters. The van der Waals surface area contributed by atoms with Crippen LogP contribution >= 0.6 is 0 Å². The van der Waals surface area contributed by atoms with Gasteiger partial charge in [0.15, 0.2) is 0 Å². The Morgan fingerprint density at radius 2 is 1.78 bits per heavy atom. The van der Waals surface area contributed by atoms with Gasteiger partial charge in [-0.15, -0.1) is 0 Å². The van der Waals surface area contributed by atoms with Crippen LogP contribution in [0.3, 0.4) is 0 Å². The average molecular weight is 352 g/mol. The fraction of sp³-hybridized carbons (Fsp3) is 0.462. The van der Waals surface area contributed by atoms with Crippen molar-refractivity contribution in [3.05, 3.63) is 29.8 Å². The predicted octanol–water partition coefficient (Wildman–Crippen LogP) is 1.10. The lowest BCUT2D eigenvalue weighted by Crippen LogP contribution is -2.49. The van der Waals surface area contributed by atoms with Gasteiger partial charge in [0, 0.05) is 26.2 Å². The normalized spacial score (nSPS) is 18.0. The molecule has 1 aliphatic heterocycles. The molecule has 0 aliphatic carbocycles. The van der Waals surface area contributed by atoms with E-state index in [0.717, 1.165) is 22.5 Å². The first-order valence-corrected chi connectivity index (χ1v) is 8.16. The van der Waals surface area contributed by atoms with Gasteiger partial charge in [-0.1, -0.05) is 6.07 Å². The van der Waals surface area contributed by atoms with Crippen molar-refractivity contribution in [2.24, 2.45) is 0 Å². The van der Waals surface area contributed by atoms with E-state index in [1.165, 1.54) is 0 Å². The van der Waals surface area contributed by atoms with E-state index in [2.05, 4.69) is 0 Å². The van der Waals surface area contributed by atoms with Crippen LogP contribution in [0.2, 0.25) is 0 Å². The number of carbonyl (C=O) groups is 1. The number of hydrogen-bond acceptors (Lipinski definition) is 4. The van der Waals surface area contributed by atoms with Crippen LogP contribution in [0.25, 0.3) is 0 Å². The van der Waals surface area contributed by atoms with Crippen molar-refractivity contribution in [3.8, 4) is 0 Å². The highest BCUT2D eigenvalue weighted by molar-refractivity contribution is 7.89. The Balaban J connectivity index is 2.16. The molecule has 23 heavy (non-hydrogen) atoms. The highest BCUT2D eigenvalue weighted by Crippen LogP contribution is 2.31. The van der Waals surface area contributed by atoms with E-state index in [1.54, 1.807) is 4.90 Å². The second-order valence-electron chi connectivity index (χ2n) is 5.10. The van der Waals surface area contributed by atoms with Gasteiger partial charge in [-0.3, -0.25) is 9.69 Å². The maximum Gasteiger partial charge on any atom is 0.416 e. The molecule has 0 bridgehead atoms. The van der Waals surface area contributed by atoms with Crippen LogP contribution in [0, 0.1) is 0 Å². The number of alkyl halides is 3. The minimum atomic E-state index is -4.62. The molecule has 6 nitrogen and oxygen atoms in total. The van der Waals surface area contributed by atoms with Crippen molar-refractivity contribution in [3.63, 3.8) is 0 Å². The van der Waals surface area contributed by atoms with Gasteiger partial charge < -0.3 is 5.11 Å². The average Bonchev–Trinajstić information content (AvgIpc) is 2.46. The summed E-state index contributed by atoms with van der Waals surface area (Å²) in [6, 6.07) is 3.59. The van der Waals surface area contributed by atoms with E-state index in [-0.39, 0.29) is 32.7 Å². The Morgan fingerprint density at radius 1 is 1.17 bits per heavy atom. The minimum Gasteiger partial charge on any atom is -0.480 e. The summed E-state index contributed by atoms with van der Waals surface area (Å²) in [5, 5.41) is 8.70. The lowest BCUT2D eigenvalue weighted by molar-refractivity contribution is -0.139. The quantitative estimate of drug-likeness (QED) is 0.878. The van der Waals surface area contributed by atoms with Gasteiger partial charge >= 0.3 is 12.1 Å². The summed E-state index contributed by atoms with van der Waals surface area (Å²) in [6.45, 7) is 0.296. The van der Waals surface area contributed by atoms with Gasteiger partial charge in [0.2, 0.25) is 10.0 Å². The van der Waals surface area contributed by atoms with Crippen LogP contribution < -0.4 is 0 Å². The fourth-order valence-corrected chi connectivity index (χ4v) is 3.77. The van der Waals surface area contributed by atoms with Gasteiger partial charge in [0.25, 0.3) is 0 Å². The number of sulfonamides is 1. The van der Waals surface area contributed by atoms with Crippen LogP contribution in [-0.4, -0.2) is 61.4 Å². The van der Waals surface area contributed by atoms with E-state index in [0.29, 0.717) is 6.07 Å². The number of carboxylic acid groups (broad SMARTS) is 1. The van der Waals surface area contributed by atoms with E-state index < -0.39 is 32.6 Å². The van der Waals surface area contributed by atoms with Crippen molar-refractivity contribution < 1.29 is 31.5 Å². The van der Waals surface area contributed by atoms with E-state index >= 15 is 0 Å². The van der Waals surface area contributed by atoms with Gasteiger partial charge in [-0.25, -0.2) is 8.42 Å². The van der Waals surface area contributed by atoms with Crippen LogP contribution in [0.4, 0.5) is 13.2 Å². The number of rotatable bonds is 4. The Kier molecular flexibility index (Phi) is 4.97. The number of carboxylic acids is 1. The Bertz CT molecular complexity index is 683. The van der Waals surface area contributed by atoms with Gasteiger partial charge in [0.1, 0.15) is 0 Å². The summed E-state index contributed by atoms with van der Waals surface area (Å²) < 4.78 is 64.0. The van der Waals surface area contributed by atoms with Crippen molar-refractivity contribution in [1.29, 1.82) is 0 Å². The van der Waals surface area contributed by atoms with E-state index in [1.807, 2.05) is 0 Å². The number of piperazine rings is 1. The third-order valence-electron chi connectivity index (χ3n) is 3.49. The van der Waals surface area contributed by atoms with Crippen LogP contribution in [-0.2, 0) is 21.0 Å². The van der Waals surface area contributed by atoms with E-state index in [9.17, 15) is 26.4 Å². The molecule has 1 fully saturated rings. The molecule has 10 heteroatoms. The third-order valence-corrected chi connectivity index (χ3v) is 5.38. The zero-order chi connectivity index (χ0) is 17.3. The van der Waals surface area contributed by atoms with Crippen LogP contribution in [0.5, 0.6) is 0 Å². The first-order chi connectivity index (χ1) is 10.6. The third kappa shape index (κ3) is 4.21. The summed E-state index contributed by atoms with van der Waals surface area (Å²) in [5.74, 6) is -1.01.